The predicted octanol–water partition coefficient (Wildman–Crippen LogP) is 2.96. The van der Waals surface area contributed by atoms with E-state index in [2.05, 4.69) is 36.5 Å². The van der Waals surface area contributed by atoms with Gasteiger partial charge >= 0.3 is 0 Å². The van der Waals surface area contributed by atoms with Gasteiger partial charge in [-0.15, -0.1) is 0 Å². The van der Waals surface area contributed by atoms with Crippen LogP contribution in [0.3, 0.4) is 0 Å². The second-order valence-electron chi connectivity index (χ2n) is 4.56. The lowest BCUT2D eigenvalue weighted by molar-refractivity contribution is 0.169. The molecule has 0 aliphatic carbocycles. The summed E-state index contributed by atoms with van der Waals surface area (Å²) in [6.07, 6.45) is 4.36. The summed E-state index contributed by atoms with van der Waals surface area (Å²) >= 11 is 0. The van der Waals surface area contributed by atoms with Gasteiger partial charge in [-0.2, -0.15) is 0 Å². The number of hydrogen-bond acceptors (Lipinski definition) is 3. The van der Waals surface area contributed by atoms with Crippen molar-refractivity contribution in [2.24, 2.45) is 0 Å². The number of benzene rings is 1. The van der Waals surface area contributed by atoms with Crippen LogP contribution < -0.4 is 10.1 Å². The Labute approximate surface area is 109 Å². The fourth-order valence-electron chi connectivity index (χ4n) is 2.29. The van der Waals surface area contributed by atoms with Crippen LogP contribution in [0.2, 0.25) is 0 Å². The number of ether oxygens (including phenoxy) is 2. The normalized spacial score (nSPS) is 16.7. The first kappa shape index (κ1) is 13.0. The van der Waals surface area contributed by atoms with E-state index in [9.17, 15) is 0 Å². The van der Waals surface area contributed by atoms with Crippen molar-refractivity contribution < 1.29 is 9.47 Å². The maximum Gasteiger partial charge on any atom is 0.124 e. The molecule has 1 N–H and O–H groups in total. The molecule has 0 radical (unpaired) electrons. The zero-order chi connectivity index (χ0) is 13.0. The van der Waals surface area contributed by atoms with E-state index in [1.165, 1.54) is 5.56 Å². The van der Waals surface area contributed by atoms with Gasteiger partial charge in [-0.3, -0.25) is 0 Å². The van der Waals surface area contributed by atoms with E-state index >= 15 is 0 Å². The van der Waals surface area contributed by atoms with E-state index in [0.717, 1.165) is 36.5 Å². The summed E-state index contributed by atoms with van der Waals surface area (Å²) in [6.45, 7) is 2.87. The van der Waals surface area contributed by atoms with E-state index in [-0.39, 0.29) is 6.04 Å². The molecule has 0 bridgehead atoms. The van der Waals surface area contributed by atoms with Crippen LogP contribution in [0.1, 0.15) is 30.0 Å². The summed E-state index contributed by atoms with van der Waals surface area (Å²) in [5.41, 5.74) is 2.32. The lowest BCUT2D eigenvalue weighted by Gasteiger charge is -2.25. The zero-order valence-corrected chi connectivity index (χ0v) is 11.3. The molecule has 1 aromatic carbocycles. The molecule has 1 atom stereocenters. The second kappa shape index (κ2) is 5.91. The van der Waals surface area contributed by atoms with Crippen molar-refractivity contribution >= 4 is 0 Å². The van der Waals surface area contributed by atoms with Crippen LogP contribution >= 0.6 is 0 Å². The minimum Gasteiger partial charge on any atom is -0.496 e. The van der Waals surface area contributed by atoms with Gasteiger partial charge in [0.15, 0.2) is 0 Å². The maximum atomic E-state index is 5.76. The highest BCUT2D eigenvalue weighted by Crippen LogP contribution is 2.32. The monoisotopic (exact) mass is 247 g/mol. The van der Waals surface area contributed by atoms with Gasteiger partial charge < -0.3 is 14.8 Å². The van der Waals surface area contributed by atoms with Gasteiger partial charge in [0.2, 0.25) is 0 Å². The van der Waals surface area contributed by atoms with Crippen LogP contribution in [-0.4, -0.2) is 20.8 Å². The first-order chi connectivity index (χ1) is 8.76. The molecule has 0 saturated heterocycles. The zero-order valence-electron chi connectivity index (χ0n) is 11.3. The van der Waals surface area contributed by atoms with Crippen molar-refractivity contribution in [3.05, 3.63) is 41.2 Å². The number of rotatable bonds is 4. The molecule has 3 nitrogen and oxygen atoms in total. The first-order valence-electron chi connectivity index (χ1n) is 6.41. The number of aryl methyl sites for hydroxylation is 1. The Morgan fingerprint density at radius 1 is 1.39 bits per heavy atom. The van der Waals surface area contributed by atoms with E-state index in [4.69, 9.17) is 9.47 Å². The van der Waals surface area contributed by atoms with Crippen molar-refractivity contribution in [3.63, 3.8) is 0 Å². The largest absolute Gasteiger partial charge is 0.496 e. The average Bonchev–Trinajstić information content (AvgIpc) is 2.42. The van der Waals surface area contributed by atoms with Gasteiger partial charge in [0.25, 0.3) is 0 Å². The van der Waals surface area contributed by atoms with Gasteiger partial charge in [-0.1, -0.05) is 12.1 Å². The van der Waals surface area contributed by atoms with Crippen molar-refractivity contribution in [1.29, 1.82) is 0 Å². The fourth-order valence-corrected chi connectivity index (χ4v) is 2.29. The highest BCUT2D eigenvalue weighted by molar-refractivity contribution is 5.42. The third kappa shape index (κ3) is 2.67. The molecule has 1 heterocycles. The number of allylic oxidation sites excluding steroid dienone is 1. The van der Waals surface area contributed by atoms with Crippen molar-refractivity contribution in [1.82, 2.24) is 5.32 Å². The van der Waals surface area contributed by atoms with E-state index in [0.29, 0.717) is 0 Å². The molecule has 1 unspecified atom stereocenters. The molecule has 1 aliphatic rings. The quantitative estimate of drug-likeness (QED) is 0.887. The number of methoxy groups -OCH3 is 1. The highest BCUT2D eigenvalue weighted by Gasteiger charge is 2.21. The van der Waals surface area contributed by atoms with Crippen LogP contribution in [0, 0.1) is 6.92 Å². The van der Waals surface area contributed by atoms with Crippen LogP contribution in [-0.2, 0) is 4.74 Å². The summed E-state index contributed by atoms with van der Waals surface area (Å²) in [6, 6.07) is 6.34. The van der Waals surface area contributed by atoms with Gasteiger partial charge in [-0.25, -0.2) is 0 Å². The Bertz CT molecular complexity index is 440. The molecule has 0 spiro atoms. The maximum absolute atomic E-state index is 5.76. The standard InChI is InChI=1S/C15H21NO2/c1-11-7-8-12(14(10-11)17-3)15(16-2)13-6-4-5-9-18-13/h6-8,10,15-16H,4-5,9H2,1-3H3. The molecule has 0 saturated carbocycles. The summed E-state index contributed by atoms with van der Waals surface area (Å²) in [5.74, 6) is 1.91. The molecule has 0 fully saturated rings. The van der Waals surface area contributed by atoms with Crippen molar-refractivity contribution in [3.8, 4) is 5.75 Å². The van der Waals surface area contributed by atoms with Crippen LogP contribution in [0.4, 0.5) is 0 Å². The van der Waals surface area contributed by atoms with Gasteiger partial charge in [0.1, 0.15) is 11.5 Å². The molecule has 18 heavy (non-hydrogen) atoms. The predicted molar refractivity (Wildman–Crippen MR) is 72.8 cm³/mol. The highest BCUT2D eigenvalue weighted by atomic mass is 16.5. The Hall–Kier alpha value is -1.48. The molecular weight excluding hydrogens is 226 g/mol. The molecule has 3 heteroatoms. The Balaban J connectivity index is 2.34. The average molecular weight is 247 g/mol. The van der Waals surface area contributed by atoms with Gasteiger partial charge in [0.05, 0.1) is 19.8 Å². The number of hydrogen-bond donors (Lipinski definition) is 1. The minimum atomic E-state index is 0.0702. The lowest BCUT2D eigenvalue weighted by Crippen LogP contribution is -2.22. The lowest BCUT2D eigenvalue weighted by atomic mass is 10.0. The summed E-state index contributed by atoms with van der Waals surface area (Å²) in [7, 11) is 3.66. The fraction of sp³-hybridized carbons (Fsp3) is 0.467. The Morgan fingerprint density at radius 2 is 2.22 bits per heavy atom. The van der Waals surface area contributed by atoms with Gasteiger partial charge in [-0.05, 0) is 44.5 Å². The Kier molecular flexibility index (Phi) is 4.26. The van der Waals surface area contributed by atoms with E-state index in [1.807, 2.05) is 7.05 Å². The molecular formula is C15H21NO2. The molecule has 2 rings (SSSR count). The SMILES string of the molecule is CNC(C1=CCCCO1)c1ccc(C)cc1OC. The molecule has 0 aromatic heterocycles. The smallest absolute Gasteiger partial charge is 0.124 e. The Morgan fingerprint density at radius 3 is 2.83 bits per heavy atom. The third-order valence-electron chi connectivity index (χ3n) is 3.24. The topological polar surface area (TPSA) is 30.5 Å². The summed E-state index contributed by atoms with van der Waals surface area (Å²) in [4.78, 5) is 0. The summed E-state index contributed by atoms with van der Waals surface area (Å²) in [5, 5.41) is 3.31. The number of likely N-dealkylation sites (N-methyl/N-ethyl adjacent to an activating group) is 1. The van der Waals surface area contributed by atoms with Crippen LogP contribution in [0.15, 0.2) is 30.0 Å². The van der Waals surface area contributed by atoms with Crippen LogP contribution in [0.25, 0.3) is 0 Å². The first-order valence-corrected chi connectivity index (χ1v) is 6.41. The molecule has 1 aromatic rings. The van der Waals surface area contributed by atoms with Crippen LogP contribution in [0.5, 0.6) is 5.75 Å². The molecule has 98 valence electrons. The van der Waals surface area contributed by atoms with Gasteiger partial charge in [0, 0.05) is 5.56 Å². The second-order valence-corrected chi connectivity index (χ2v) is 4.56. The third-order valence-corrected chi connectivity index (χ3v) is 3.24. The molecule has 0 amide bonds. The summed E-state index contributed by atoms with van der Waals surface area (Å²) < 4.78 is 11.2. The van der Waals surface area contributed by atoms with Crippen molar-refractivity contribution in [2.45, 2.75) is 25.8 Å². The number of nitrogens with one attached hydrogen (secondary N) is 1. The van der Waals surface area contributed by atoms with Crippen molar-refractivity contribution in [2.75, 3.05) is 20.8 Å². The van der Waals surface area contributed by atoms with E-state index in [1.54, 1.807) is 7.11 Å². The van der Waals surface area contributed by atoms with E-state index < -0.39 is 0 Å². The molecule has 1 aliphatic heterocycles. The minimum absolute atomic E-state index is 0.0702.